The first-order valence-electron chi connectivity index (χ1n) is 12.1. The Bertz CT molecular complexity index is 1610. The second kappa shape index (κ2) is 10.7. The molecule has 0 unspecified atom stereocenters. The van der Waals surface area contributed by atoms with Crippen LogP contribution in [0.5, 0.6) is 5.75 Å². The molecule has 0 spiro atoms. The number of allylic oxidation sites excluding steroid dienone is 1. The zero-order chi connectivity index (χ0) is 27.7. The number of ether oxygens (including phenoxy) is 1. The largest absolute Gasteiger partial charge is 0.495 e. The summed E-state index contributed by atoms with van der Waals surface area (Å²) in [5.41, 5.74) is 3.98. The number of hydrogen-bond acceptors (Lipinski definition) is 5. The molecule has 0 aliphatic carbocycles. The van der Waals surface area contributed by atoms with Crippen LogP contribution in [0.1, 0.15) is 34.5 Å². The Morgan fingerprint density at radius 2 is 1.77 bits per heavy atom. The van der Waals surface area contributed by atoms with Gasteiger partial charge in [-0.2, -0.15) is 5.10 Å². The fraction of sp³-hybridized carbons (Fsp3) is 0.138. The van der Waals surface area contributed by atoms with E-state index in [0.717, 1.165) is 5.56 Å². The molecule has 0 radical (unpaired) electrons. The van der Waals surface area contributed by atoms with Gasteiger partial charge in [0, 0.05) is 11.4 Å². The van der Waals surface area contributed by atoms with Crippen molar-refractivity contribution in [2.45, 2.75) is 19.9 Å². The molecule has 2 heterocycles. The molecular formula is C29H25BrFN5O3. The summed E-state index contributed by atoms with van der Waals surface area (Å²) in [7, 11) is 1.52. The van der Waals surface area contributed by atoms with E-state index in [1.807, 2.05) is 31.2 Å². The third-order valence-electron chi connectivity index (χ3n) is 6.44. The molecule has 0 saturated heterocycles. The number of nitrogens with zero attached hydrogens (tertiary/aromatic N) is 2. The first-order valence-corrected chi connectivity index (χ1v) is 12.9. The molecule has 1 atom stereocenters. The topological polar surface area (TPSA) is 97.3 Å². The summed E-state index contributed by atoms with van der Waals surface area (Å²) < 4.78 is 21.4. The molecule has 0 bridgehead atoms. The van der Waals surface area contributed by atoms with Crippen LogP contribution in [0.3, 0.4) is 0 Å². The molecule has 5 rings (SSSR count). The third-order valence-corrected chi connectivity index (χ3v) is 7.04. The highest BCUT2D eigenvalue weighted by atomic mass is 79.9. The Kier molecular flexibility index (Phi) is 7.21. The Morgan fingerprint density at radius 3 is 2.49 bits per heavy atom. The number of carbonyl (C=O) groups excluding carboxylic acids is 2. The molecule has 8 nitrogen and oxygen atoms in total. The Morgan fingerprint density at radius 1 is 1.03 bits per heavy atom. The van der Waals surface area contributed by atoms with Gasteiger partial charge in [0.05, 0.1) is 29.0 Å². The molecule has 4 aromatic rings. The van der Waals surface area contributed by atoms with Crippen molar-refractivity contribution in [3.63, 3.8) is 0 Å². The summed E-state index contributed by atoms with van der Waals surface area (Å²) in [6, 6.07) is 18.3. The van der Waals surface area contributed by atoms with Crippen molar-refractivity contribution in [2.24, 2.45) is 0 Å². The van der Waals surface area contributed by atoms with Crippen molar-refractivity contribution in [3.8, 4) is 5.75 Å². The molecule has 0 fully saturated rings. The van der Waals surface area contributed by atoms with Crippen LogP contribution in [0.15, 0.2) is 88.7 Å². The van der Waals surface area contributed by atoms with E-state index in [9.17, 15) is 14.0 Å². The van der Waals surface area contributed by atoms with Crippen molar-refractivity contribution in [2.75, 3.05) is 23.1 Å². The molecule has 1 aromatic heterocycles. The number of nitrogens with one attached hydrogen (secondary N) is 3. The van der Waals surface area contributed by atoms with Crippen LogP contribution in [-0.2, 0) is 4.79 Å². The Hall–Kier alpha value is -4.44. The average molecular weight is 590 g/mol. The maximum Gasteiger partial charge on any atom is 0.261 e. The molecule has 2 amide bonds. The van der Waals surface area contributed by atoms with Crippen molar-refractivity contribution in [3.05, 3.63) is 111 Å². The first kappa shape index (κ1) is 26.2. The van der Waals surface area contributed by atoms with Crippen molar-refractivity contribution < 1.29 is 18.7 Å². The summed E-state index contributed by atoms with van der Waals surface area (Å²) in [4.78, 5) is 27.0. The molecule has 0 saturated carbocycles. The minimum Gasteiger partial charge on any atom is -0.495 e. The van der Waals surface area contributed by atoms with Crippen LogP contribution < -0.4 is 20.7 Å². The highest BCUT2D eigenvalue weighted by Gasteiger charge is 2.36. The van der Waals surface area contributed by atoms with Crippen LogP contribution in [0, 0.1) is 12.7 Å². The summed E-state index contributed by atoms with van der Waals surface area (Å²) in [6.07, 6.45) is 1.45. The van der Waals surface area contributed by atoms with Crippen LogP contribution in [-0.4, -0.2) is 28.7 Å². The molecular weight excluding hydrogens is 565 g/mol. The number of carbonyl (C=O) groups is 2. The second-order valence-corrected chi connectivity index (χ2v) is 9.92. The smallest absolute Gasteiger partial charge is 0.261 e. The highest BCUT2D eigenvalue weighted by Crippen LogP contribution is 2.39. The Labute approximate surface area is 233 Å². The predicted octanol–water partition coefficient (Wildman–Crippen LogP) is 6.28. The number of amides is 2. The van der Waals surface area contributed by atoms with Gasteiger partial charge in [-0.3, -0.25) is 9.59 Å². The lowest BCUT2D eigenvalue weighted by Crippen LogP contribution is -2.32. The molecule has 198 valence electrons. The van der Waals surface area contributed by atoms with Gasteiger partial charge >= 0.3 is 0 Å². The second-order valence-electron chi connectivity index (χ2n) is 9.07. The fourth-order valence-corrected chi connectivity index (χ4v) is 4.88. The highest BCUT2D eigenvalue weighted by molar-refractivity contribution is 9.10. The number of para-hydroxylation sites is 2. The molecule has 3 N–H and O–H groups in total. The van der Waals surface area contributed by atoms with Gasteiger partial charge in [-0.15, -0.1) is 0 Å². The maximum atomic E-state index is 14.2. The number of aryl methyl sites for hydroxylation is 1. The van der Waals surface area contributed by atoms with E-state index < -0.39 is 17.8 Å². The summed E-state index contributed by atoms with van der Waals surface area (Å²) in [5, 5.41) is 13.5. The van der Waals surface area contributed by atoms with Gasteiger partial charge < -0.3 is 20.7 Å². The normalized spacial score (nSPS) is 14.3. The summed E-state index contributed by atoms with van der Waals surface area (Å²) >= 11 is 3.25. The Balaban J connectivity index is 1.56. The average Bonchev–Trinajstić information content (AvgIpc) is 3.34. The quantitative estimate of drug-likeness (QED) is 0.246. The van der Waals surface area contributed by atoms with Gasteiger partial charge in [0.25, 0.3) is 11.8 Å². The van der Waals surface area contributed by atoms with Crippen molar-refractivity contribution >= 4 is 44.9 Å². The van der Waals surface area contributed by atoms with Gasteiger partial charge in [-0.05, 0) is 71.7 Å². The number of fused-ring (bicyclic) bond motifs is 1. The van der Waals surface area contributed by atoms with Crippen molar-refractivity contribution in [1.29, 1.82) is 0 Å². The molecule has 3 aromatic carbocycles. The van der Waals surface area contributed by atoms with Crippen LogP contribution in [0.2, 0.25) is 0 Å². The van der Waals surface area contributed by atoms with Crippen molar-refractivity contribution in [1.82, 2.24) is 9.78 Å². The number of benzene rings is 3. The number of anilines is 3. The summed E-state index contributed by atoms with van der Waals surface area (Å²) in [6.45, 7) is 3.72. The van der Waals surface area contributed by atoms with E-state index in [4.69, 9.17) is 4.74 Å². The van der Waals surface area contributed by atoms with Crippen LogP contribution in [0.4, 0.5) is 21.6 Å². The molecule has 1 aliphatic heterocycles. The minimum atomic E-state index is -0.756. The predicted molar refractivity (Wildman–Crippen MR) is 152 cm³/mol. The maximum absolute atomic E-state index is 14.2. The number of aromatic nitrogens is 2. The van der Waals surface area contributed by atoms with Crippen LogP contribution in [0.25, 0.3) is 0 Å². The number of methoxy groups -OCH3 is 1. The van der Waals surface area contributed by atoms with Gasteiger partial charge in [0.15, 0.2) is 0 Å². The van der Waals surface area contributed by atoms with E-state index >= 15 is 0 Å². The first-order chi connectivity index (χ1) is 18.8. The third kappa shape index (κ3) is 5.15. The van der Waals surface area contributed by atoms with E-state index in [1.165, 1.54) is 19.4 Å². The van der Waals surface area contributed by atoms with Gasteiger partial charge in [0.1, 0.15) is 29.0 Å². The van der Waals surface area contributed by atoms with E-state index in [2.05, 4.69) is 37.0 Å². The molecule has 10 heteroatoms. The number of halogens is 2. The number of hydrogen-bond donors (Lipinski definition) is 3. The van der Waals surface area contributed by atoms with Gasteiger partial charge in [0.2, 0.25) is 0 Å². The lowest BCUT2D eigenvalue weighted by molar-refractivity contribution is -0.113. The standard InChI is InChI=1S/C29H25BrFN5O3/c1-16-8-11-19(12-9-16)34-28(37)20-15-32-36-26(18-10-13-22(31)21(30)14-18)25(17(2)33-27(20)36)29(38)35-23-6-4-5-7-24(23)39-3/h4-15,26,33H,1-3H3,(H,34,37)(H,35,38)/t26-/m1/s1. The lowest BCUT2D eigenvalue weighted by atomic mass is 9.94. The van der Waals surface area contributed by atoms with Gasteiger partial charge in [-0.25, -0.2) is 9.07 Å². The van der Waals surface area contributed by atoms with E-state index in [1.54, 1.807) is 48.0 Å². The van der Waals surface area contributed by atoms with Gasteiger partial charge in [-0.1, -0.05) is 35.9 Å². The molecule has 39 heavy (non-hydrogen) atoms. The monoisotopic (exact) mass is 589 g/mol. The zero-order valence-corrected chi connectivity index (χ0v) is 23.0. The van der Waals surface area contributed by atoms with E-state index in [0.29, 0.717) is 45.3 Å². The van der Waals surface area contributed by atoms with Crippen LogP contribution >= 0.6 is 15.9 Å². The zero-order valence-electron chi connectivity index (χ0n) is 21.4. The van der Waals surface area contributed by atoms with E-state index in [-0.39, 0.29) is 10.4 Å². The lowest BCUT2D eigenvalue weighted by Gasteiger charge is -2.30. The fourth-order valence-electron chi connectivity index (χ4n) is 4.48. The molecule has 1 aliphatic rings. The minimum absolute atomic E-state index is 0.242. The SMILES string of the molecule is COc1ccccc1NC(=O)C1=C(C)Nc2c(C(=O)Nc3ccc(C)cc3)cnn2[C@@H]1c1ccc(F)c(Br)c1. The number of rotatable bonds is 6. The summed E-state index contributed by atoms with van der Waals surface area (Å²) in [5.74, 6) is -0.282.